The van der Waals surface area contributed by atoms with Gasteiger partial charge in [-0.3, -0.25) is 0 Å². The number of carbonyl (C=O) groups excluding carboxylic acids is 1. The fourth-order valence-corrected chi connectivity index (χ4v) is 0.783. The molecule has 0 spiro atoms. The largest absolute Gasteiger partial charge is 0.394 e. The number of urea groups is 1. The van der Waals surface area contributed by atoms with Crippen LogP contribution in [0.5, 0.6) is 0 Å². The predicted octanol–water partition coefficient (Wildman–Crippen LogP) is -0.232. The van der Waals surface area contributed by atoms with Gasteiger partial charge in [0.2, 0.25) is 0 Å². The van der Waals surface area contributed by atoms with E-state index < -0.39 is 6.03 Å². The summed E-state index contributed by atoms with van der Waals surface area (Å²) in [6, 6.07) is -0.661. The molecule has 0 aliphatic heterocycles. The Kier molecular flexibility index (Phi) is 3.79. The van der Waals surface area contributed by atoms with Crippen LogP contribution in [0.2, 0.25) is 0 Å². The fourth-order valence-electron chi connectivity index (χ4n) is 0.783. The summed E-state index contributed by atoms with van der Waals surface area (Å²) in [5.74, 6) is 0. The number of primary amides is 1. The molecule has 0 rings (SSSR count). The minimum absolute atomic E-state index is 0.0449. The number of hydrogen-bond donors (Lipinski definition) is 2. The highest BCUT2D eigenvalue weighted by atomic mass is 16.3. The van der Waals surface area contributed by atoms with Gasteiger partial charge in [-0.15, -0.1) is 0 Å². The van der Waals surface area contributed by atoms with Gasteiger partial charge in [0.15, 0.2) is 0 Å². The Morgan fingerprint density at radius 3 is 2.40 bits per heavy atom. The molecule has 0 saturated carbocycles. The Bertz CT molecular complexity index is 116. The molecule has 4 heteroatoms. The highest BCUT2D eigenvalue weighted by Crippen LogP contribution is 1.95. The van der Waals surface area contributed by atoms with E-state index in [4.69, 9.17) is 10.8 Å². The Morgan fingerprint density at radius 1 is 1.80 bits per heavy atom. The lowest BCUT2D eigenvalue weighted by atomic mass is 10.3. The minimum Gasteiger partial charge on any atom is -0.394 e. The topological polar surface area (TPSA) is 66.6 Å². The molecule has 10 heavy (non-hydrogen) atoms. The van der Waals surface area contributed by atoms with Crippen molar-refractivity contribution in [3.63, 3.8) is 0 Å². The molecule has 0 aromatic heterocycles. The lowest BCUT2D eigenvalue weighted by Gasteiger charge is -2.23. The molecule has 1 atom stereocenters. The number of hydrogen-bond acceptors (Lipinski definition) is 2. The second-order valence-electron chi connectivity index (χ2n) is 2.16. The molecule has 4 nitrogen and oxygen atoms in total. The fraction of sp³-hybridized carbons (Fsp3) is 0.833. The first-order valence-corrected chi connectivity index (χ1v) is 3.30. The van der Waals surface area contributed by atoms with Crippen LogP contribution in [-0.2, 0) is 0 Å². The van der Waals surface area contributed by atoms with Crippen molar-refractivity contribution in [3.8, 4) is 0 Å². The average Bonchev–Trinajstić information content (AvgIpc) is 1.88. The number of nitrogens with two attached hydrogens (primary N) is 1. The zero-order valence-corrected chi connectivity index (χ0v) is 6.37. The second kappa shape index (κ2) is 4.11. The molecule has 2 amide bonds. The quantitative estimate of drug-likeness (QED) is 0.577. The van der Waals surface area contributed by atoms with Gasteiger partial charge in [0, 0.05) is 6.54 Å². The number of nitrogens with zero attached hydrogens (tertiary/aromatic N) is 1. The van der Waals surface area contributed by atoms with Crippen molar-refractivity contribution in [2.24, 2.45) is 5.73 Å². The summed E-state index contributed by atoms with van der Waals surface area (Å²) in [5, 5.41) is 8.64. The van der Waals surface area contributed by atoms with Gasteiger partial charge in [-0.1, -0.05) is 0 Å². The van der Waals surface area contributed by atoms with Gasteiger partial charge in [0.25, 0.3) is 0 Å². The summed E-state index contributed by atoms with van der Waals surface area (Å²) < 4.78 is 0. The maximum atomic E-state index is 10.6. The maximum absolute atomic E-state index is 10.6. The monoisotopic (exact) mass is 146 g/mol. The molecule has 0 bridgehead atoms. The molecular weight excluding hydrogens is 132 g/mol. The van der Waals surface area contributed by atoms with Crippen molar-refractivity contribution >= 4 is 6.03 Å². The van der Waals surface area contributed by atoms with Crippen molar-refractivity contribution in [1.29, 1.82) is 0 Å². The number of rotatable bonds is 3. The lowest BCUT2D eigenvalue weighted by Crippen LogP contribution is -2.43. The SMILES string of the molecule is CCN(C(N)=O)C(C)CO. The van der Waals surface area contributed by atoms with Gasteiger partial charge in [0.1, 0.15) is 0 Å². The third kappa shape index (κ3) is 2.23. The zero-order valence-electron chi connectivity index (χ0n) is 6.37. The van der Waals surface area contributed by atoms with Gasteiger partial charge in [-0.2, -0.15) is 0 Å². The van der Waals surface area contributed by atoms with E-state index >= 15 is 0 Å². The van der Waals surface area contributed by atoms with Crippen LogP contribution in [0.4, 0.5) is 4.79 Å². The van der Waals surface area contributed by atoms with Crippen molar-refractivity contribution in [2.45, 2.75) is 19.9 Å². The molecule has 0 radical (unpaired) electrons. The third-order valence-electron chi connectivity index (χ3n) is 1.42. The average molecular weight is 146 g/mol. The van der Waals surface area contributed by atoms with Crippen LogP contribution >= 0.6 is 0 Å². The van der Waals surface area contributed by atoms with E-state index in [1.54, 1.807) is 6.92 Å². The molecule has 0 saturated heterocycles. The van der Waals surface area contributed by atoms with Crippen molar-refractivity contribution in [3.05, 3.63) is 0 Å². The standard InChI is InChI=1S/C6H14N2O2/c1-3-8(6(7)10)5(2)4-9/h5,9H,3-4H2,1-2H3,(H2,7,10). The summed E-state index contributed by atoms with van der Waals surface area (Å²) in [6.07, 6.45) is 0. The van der Waals surface area contributed by atoms with Crippen molar-refractivity contribution in [1.82, 2.24) is 4.90 Å². The Hall–Kier alpha value is -0.770. The van der Waals surface area contributed by atoms with E-state index in [0.717, 1.165) is 0 Å². The molecule has 1 unspecified atom stereocenters. The Morgan fingerprint density at radius 2 is 2.30 bits per heavy atom. The van der Waals surface area contributed by atoms with E-state index in [-0.39, 0.29) is 12.6 Å². The Labute approximate surface area is 60.6 Å². The number of likely N-dealkylation sites (N-methyl/N-ethyl adjacent to an activating group) is 1. The van der Waals surface area contributed by atoms with E-state index in [1.807, 2.05) is 6.92 Å². The molecule has 0 heterocycles. The Balaban J connectivity index is 3.92. The molecule has 0 fully saturated rings. The number of carbonyl (C=O) groups is 1. The van der Waals surface area contributed by atoms with Gasteiger partial charge in [0.05, 0.1) is 12.6 Å². The summed E-state index contributed by atoms with van der Waals surface area (Å²) in [4.78, 5) is 12.0. The maximum Gasteiger partial charge on any atom is 0.315 e. The van der Waals surface area contributed by atoms with E-state index in [2.05, 4.69) is 0 Å². The summed E-state index contributed by atoms with van der Waals surface area (Å²) in [7, 11) is 0. The van der Waals surface area contributed by atoms with Gasteiger partial charge >= 0.3 is 6.03 Å². The molecule has 3 N–H and O–H groups in total. The number of aliphatic hydroxyl groups excluding tert-OH is 1. The zero-order chi connectivity index (χ0) is 8.15. The van der Waals surface area contributed by atoms with Crippen LogP contribution in [0.1, 0.15) is 13.8 Å². The molecule has 0 aromatic rings. The molecule has 0 aliphatic carbocycles. The first-order valence-electron chi connectivity index (χ1n) is 3.30. The van der Waals surface area contributed by atoms with E-state index in [1.165, 1.54) is 4.90 Å². The molecule has 0 aromatic carbocycles. The lowest BCUT2D eigenvalue weighted by molar-refractivity contribution is 0.151. The smallest absolute Gasteiger partial charge is 0.315 e. The summed E-state index contributed by atoms with van der Waals surface area (Å²) >= 11 is 0. The first kappa shape index (κ1) is 9.23. The molecule has 60 valence electrons. The van der Waals surface area contributed by atoms with Crippen LogP contribution in [-0.4, -0.2) is 35.2 Å². The summed E-state index contributed by atoms with van der Waals surface area (Å²) in [5.41, 5.74) is 5.00. The highest BCUT2D eigenvalue weighted by Gasteiger charge is 2.13. The second-order valence-corrected chi connectivity index (χ2v) is 2.16. The number of aliphatic hydroxyl groups is 1. The molecular formula is C6H14N2O2. The van der Waals surface area contributed by atoms with Crippen LogP contribution in [0.3, 0.4) is 0 Å². The third-order valence-corrected chi connectivity index (χ3v) is 1.42. The highest BCUT2D eigenvalue weighted by molar-refractivity contribution is 5.72. The van der Waals surface area contributed by atoms with Crippen molar-refractivity contribution < 1.29 is 9.90 Å². The van der Waals surface area contributed by atoms with Gasteiger partial charge in [-0.25, -0.2) is 4.79 Å². The normalized spacial score (nSPS) is 12.7. The number of amides is 2. The molecule has 0 aliphatic rings. The van der Waals surface area contributed by atoms with Crippen LogP contribution in [0, 0.1) is 0 Å². The first-order chi connectivity index (χ1) is 4.63. The van der Waals surface area contributed by atoms with Gasteiger partial charge in [-0.05, 0) is 13.8 Å². The van der Waals surface area contributed by atoms with Crippen LogP contribution < -0.4 is 5.73 Å². The predicted molar refractivity (Wildman–Crippen MR) is 38.5 cm³/mol. The van der Waals surface area contributed by atoms with Gasteiger partial charge < -0.3 is 15.7 Å². The van der Waals surface area contributed by atoms with Crippen LogP contribution in [0.15, 0.2) is 0 Å². The van der Waals surface area contributed by atoms with Crippen LogP contribution in [0.25, 0.3) is 0 Å². The summed E-state index contributed by atoms with van der Waals surface area (Å²) in [6.45, 7) is 4.05. The minimum atomic E-state index is -0.482. The van der Waals surface area contributed by atoms with Crippen molar-refractivity contribution in [2.75, 3.05) is 13.2 Å². The van der Waals surface area contributed by atoms with E-state index in [0.29, 0.717) is 6.54 Å². The van der Waals surface area contributed by atoms with E-state index in [9.17, 15) is 4.79 Å².